The van der Waals surface area contributed by atoms with Gasteiger partial charge in [-0.15, -0.1) is 0 Å². The van der Waals surface area contributed by atoms with Gasteiger partial charge in [0, 0.05) is 60.8 Å². The van der Waals surface area contributed by atoms with Crippen molar-refractivity contribution in [2.75, 3.05) is 4.90 Å². The van der Waals surface area contributed by atoms with Crippen LogP contribution in [0.25, 0.3) is 121 Å². The van der Waals surface area contributed by atoms with Gasteiger partial charge in [-0.3, -0.25) is 0 Å². The van der Waals surface area contributed by atoms with E-state index in [1.807, 2.05) is 12.1 Å². The van der Waals surface area contributed by atoms with Crippen molar-refractivity contribution < 1.29 is 4.42 Å². The summed E-state index contributed by atoms with van der Waals surface area (Å²) >= 11 is 0. The number of furan rings is 1. The van der Waals surface area contributed by atoms with Crippen LogP contribution in [0.15, 0.2) is 290 Å². The van der Waals surface area contributed by atoms with E-state index in [1.165, 1.54) is 71.6 Å². The van der Waals surface area contributed by atoms with Crippen molar-refractivity contribution in [3.8, 4) is 55.9 Å². The first-order valence-electron chi connectivity index (χ1n) is 26.0. The number of rotatable bonds is 9. The molecule has 4 nitrogen and oxygen atoms in total. The molecule has 76 heavy (non-hydrogen) atoms. The highest BCUT2D eigenvalue weighted by atomic mass is 16.3. The Morgan fingerprint density at radius 2 is 0.553 bits per heavy atom. The molecule has 0 N–H and O–H groups in total. The molecule has 12 aromatic carbocycles. The van der Waals surface area contributed by atoms with Crippen LogP contribution in [0.4, 0.5) is 17.1 Å². The van der Waals surface area contributed by atoms with E-state index in [1.54, 1.807) is 0 Å². The summed E-state index contributed by atoms with van der Waals surface area (Å²) in [5.41, 5.74) is 21.5. The van der Waals surface area contributed by atoms with Gasteiger partial charge in [-0.2, -0.15) is 0 Å². The summed E-state index contributed by atoms with van der Waals surface area (Å²) in [5.74, 6) is 0. The van der Waals surface area contributed by atoms with Crippen molar-refractivity contribution in [1.29, 1.82) is 0 Å². The first-order chi connectivity index (χ1) is 37.7. The van der Waals surface area contributed by atoms with E-state index in [0.717, 1.165) is 66.9 Å². The van der Waals surface area contributed by atoms with Gasteiger partial charge in [-0.25, -0.2) is 0 Å². The third kappa shape index (κ3) is 7.30. The minimum atomic E-state index is 0.899. The molecule has 4 heteroatoms. The van der Waals surface area contributed by atoms with Gasteiger partial charge in [0.25, 0.3) is 0 Å². The highest BCUT2D eigenvalue weighted by Gasteiger charge is 2.18. The monoisotopic (exact) mass is 969 g/mol. The molecule has 0 saturated carbocycles. The number of aromatic nitrogens is 2. The summed E-state index contributed by atoms with van der Waals surface area (Å²) in [6, 6.07) is 103. The van der Waals surface area contributed by atoms with Crippen LogP contribution in [0, 0.1) is 0 Å². The van der Waals surface area contributed by atoms with Crippen molar-refractivity contribution in [2.45, 2.75) is 0 Å². The molecule has 0 bridgehead atoms. The minimum absolute atomic E-state index is 0.899. The minimum Gasteiger partial charge on any atom is -0.456 e. The second-order valence-corrected chi connectivity index (χ2v) is 19.7. The molecule has 0 radical (unpaired) electrons. The van der Waals surface area contributed by atoms with Crippen molar-refractivity contribution in [1.82, 2.24) is 9.13 Å². The Bertz CT molecular complexity index is 4590. The Labute approximate surface area is 439 Å². The fraction of sp³-hybridized carbons (Fsp3) is 0. The SMILES string of the molecule is c1ccc(-n2c3ccccc3c3cc(-c4ccc(-c5ccc(N(c6ccc(-c7ccc(-n8c9ccccc9c9ccccc98)cc7)cc6)c6ccc(-c7ccc8oc9ccccc9c8c7)cc6)cc5)cc4)ccc32)cc1. The van der Waals surface area contributed by atoms with E-state index in [-0.39, 0.29) is 0 Å². The number of para-hydroxylation sites is 5. The summed E-state index contributed by atoms with van der Waals surface area (Å²) in [7, 11) is 0. The van der Waals surface area contributed by atoms with Gasteiger partial charge >= 0.3 is 0 Å². The van der Waals surface area contributed by atoms with Crippen LogP contribution in [0.3, 0.4) is 0 Å². The fourth-order valence-electron chi connectivity index (χ4n) is 11.6. The van der Waals surface area contributed by atoms with Gasteiger partial charge in [-0.05, 0) is 154 Å². The number of nitrogens with zero attached hydrogens (tertiary/aromatic N) is 3. The molecular weight excluding hydrogens is 923 g/mol. The summed E-state index contributed by atoms with van der Waals surface area (Å²) in [4.78, 5) is 2.35. The highest BCUT2D eigenvalue weighted by molar-refractivity contribution is 6.11. The average molecular weight is 970 g/mol. The van der Waals surface area contributed by atoms with E-state index in [4.69, 9.17) is 4.42 Å². The van der Waals surface area contributed by atoms with Crippen LogP contribution in [0.5, 0.6) is 0 Å². The lowest BCUT2D eigenvalue weighted by Gasteiger charge is -2.26. The number of fused-ring (bicyclic) bond motifs is 9. The quantitative estimate of drug-likeness (QED) is 0.144. The molecule has 0 unspecified atom stereocenters. The fourth-order valence-corrected chi connectivity index (χ4v) is 11.6. The third-order valence-electron chi connectivity index (χ3n) is 15.4. The summed E-state index contributed by atoms with van der Waals surface area (Å²) in [5, 5.41) is 7.29. The predicted octanol–water partition coefficient (Wildman–Crippen LogP) is 19.9. The molecule has 0 aliphatic rings. The topological polar surface area (TPSA) is 26.2 Å². The zero-order valence-corrected chi connectivity index (χ0v) is 41.4. The van der Waals surface area contributed by atoms with E-state index >= 15 is 0 Å². The summed E-state index contributed by atoms with van der Waals surface area (Å²) in [6.45, 7) is 0. The molecule has 0 atom stereocenters. The zero-order chi connectivity index (χ0) is 50.1. The Balaban J connectivity index is 0.749. The van der Waals surface area contributed by atoms with Crippen molar-refractivity contribution in [3.63, 3.8) is 0 Å². The molecule has 15 aromatic rings. The van der Waals surface area contributed by atoms with Gasteiger partial charge in [0.1, 0.15) is 11.2 Å². The van der Waals surface area contributed by atoms with E-state index < -0.39 is 0 Å². The molecule has 356 valence electrons. The maximum atomic E-state index is 6.17. The van der Waals surface area contributed by atoms with Crippen molar-refractivity contribution >= 4 is 82.6 Å². The lowest BCUT2D eigenvalue weighted by Crippen LogP contribution is -2.09. The van der Waals surface area contributed by atoms with Gasteiger partial charge < -0.3 is 18.5 Å². The van der Waals surface area contributed by atoms with E-state index in [2.05, 4.69) is 287 Å². The van der Waals surface area contributed by atoms with Crippen LogP contribution in [0.1, 0.15) is 0 Å². The Kier molecular flexibility index (Phi) is 10.2. The van der Waals surface area contributed by atoms with Crippen LogP contribution in [0.2, 0.25) is 0 Å². The van der Waals surface area contributed by atoms with Crippen LogP contribution in [-0.2, 0) is 0 Å². The standard InChI is InChI=1S/C72H47N3O/c1-2-12-56(13-3-1)74-69-20-10-6-16-63(69)65-46-54(34-44-70(65)74)52-24-22-48(23-25-52)49-26-36-57(37-27-49)73(59-40-32-53(33-41-59)55-35-45-72-66(47-55)64-17-7-11-21-71(64)76-72)58-38-28-50(29-39-58)51-30-42-60(43-31-51)75-67-18-8-4-14-61(67)62-15-5-9-19-68(62)75/h1-47H. The highest BCUT2D eigenvalue weighted by Crippen LogP contribution is 2.41. The molecule has 15 rings (SSSR count). The predicted molar refractivity (Wildman–Crippen MR) is 319 cm³/mol. The van der Waals surface area contributed by atoms with Crippen LogP contribution < -0.4 is 4.90 Å². The van der Waals surface area contributed by atoms with Crippen molar-refractivity contribution in [3.05, 3.63) is 285 Å². The Morgan fingerprint density at radius 1 is 0.224 bits per heavy atom. The van der Waals surface area contributed by atoms with Gasteiger partial charge in [0.15, 0.2) is 0 Å². The largest absolute Gasteiger partial charge is 0.456 e. The van der Waals surface area contributed by atoms with Gasteiger partial charge in [-0.1, -0.05) is 176 Å². The molecule has 0 fully saturated rings. The second kappa shape index (κ2) is 17.8. The lowest BCUT2D eigenvalue weighted by molar-refractivity contribution is 0.669. The summed E-state index contributed by atoms with van der Waals surface area (Å²) in [6.07, 6.45) is 0. The second-order valence-electron chi connectivity index (χ2n) is 19.7. The lowest BCUT2D eigenvalue weighted by atomic mass is 9.98. The molecule has 0 saturated heterocycles. The van der Waals surface area contributed by atoms with E-state index in [0.29, 0.717) is 0 Å². The zero-order valence-electron chi connectivity index (χ0n) is 41.4. The number of anilines is 3. The molecule has 3 aromatic heterocycles. The third-order valence-corrected chi connectivity index (χ3v) is 15.4. The molecular formula is C72H47N3O. The number of benzene rings is 12. The summed E-state index contributed by atoms with van der Waals surface area (Å²) < 4.78 is 10.9. The van der Waals surface area contributed by atoms with Crippen molar-refractivity contribution in [2.24, 2.45) is 0 Å². The maximum Gasteiger partial charge on any atom is 0.135 e. The van der Waals surface area contributed by atoms with E-state index in [9.17, 15) is 0 Å². The molecule has 3 heterocycles. The molecule has 0 amide bonds. The Morgan fingerprint density at radius 3 is 1.07 bits per heavy atom. The Hall–Kier alpha value is -10.2. The van der Waals surface area contributed by atoms with Crippen LogP contribution in [-0.4, -0.2) is 9.13 Å². The van der Waals surface area contributed by atoms with Gasteiger partial charge in [0.05, 0.1) is 22.1 Å². The van der Waals surface area contributed by atoms with Crippen LogP contribution >= 0.6 is 0 Å². The average Bonchev–Trinajstić information content (AvgIpc) is 4.17. The van der Waals surface area contributed by atoms with Gasteiger partial charge in [0.2, 0.25) is 0 Å². The normalized spacial score (nSPS) is 11.7. The molecule has 0 spiro atoms. The first-order valence-corrected chi connectivity index (χ1v) is 26.0. The number of hydrogen-bond acceptors (Lipinski definition) is 2. The first kappa shape index (κ1) is 43.4. The number of hydrogen-bond donors (Lipinski definition) is 0. The molecule has 0 aliphatic carbocycles. The molecule has 0 aliphatic heterocycles. The maximum absolute atomic E-state index is 6.17. The smallest absolute Gasteiger partial charge is 0.135 e.